The third-order valence-electron chi connectivity index (χ3n) is 4.46. The third kappa shape index (κ3) is 3.75. The zero-order valence-electron chi connectivity index (χ0n) is 12.9. The van der Waals surface area contributed by atoms with Crippen LogP contribution in [0.4, 0.5) is 0 Å². The normalized spacial score (nSPS) is 22.9. The summed E-state index contributed by atoms with van der Waals surface area (Å²) in [4.78, 5) is 25.5. The van der Waals surface area contributed by atoms with Crippen LogP contribution in [0.1, 0.15) is 37.7 Å². The van der Waals surface area contributed by atoms with Crippen LogP contribution in [0.5, 0.6) is 0 Å². The molecule has 0 aliphatic carbocycles. The number of aliphatic carboxylic acids is 1. The van der Waals surface area contributed by atoms with Gasteiger partial charge < -0.3 is 10.0 Å². The summed E-state index contributed by atoms with van der Waals surface area (Å²) < 4.78 is 0. The molecule has 0 saturated carbocycles. The molecule has 1 fully saturated rings. The topological polar surface area (TPSA) is 57.6 Å². The molecule has 0 radical (unpaired) electrons. The number of allylic oxidation sites excluding steroid dienone is 1. The molecule has 118 valence electrons. The predicted octanol–water partition coefficient (Wildman–Crippen LogP) is 3.06. The van der Waals surface area contributed by atoms with Crippen molar-refractivity contribution in [3.8, 4) is 0 Å². The maximum absolute atomic E-state index is 12.6. The Bertz CT molecular complexity index is 541. The van der Waals surface area contributed by atoms with Crippen molar-refractivity contribution in [2.45, 2.75) is 38.1 Å². The zero-order chi connectivity index (χ0) is 16.1. The average Bonchev–Trinajstić information content (AvgIpc) is 2.53. The van der Waals surface area contributed by atoms with Crippen LogP contribution >= 0.6 is 0 Å². The molecular weight excluding hydrogens is 278 g/mol. The first-order valence-corrected chi connectivity index (χ1v) is 7.72. The van der Waals surface area contributed by atoms with Gasteiger partial charge in [-0.25, -0.2) is 0 Å². The summed E-state index contributed by atoms with van der Waals surface area (Å²) >= 11 is 0. The molecule has 3 atom stereocenters. The first-order chi connectivity index (χ1) is 10.5. The maximum Gasteiger partial charge on any atom is 0.308 e. The standard InChI is InChI=1S/C18H23NO3/c1-3-14(15-7-5-4-6-8-15)11-17(20)19-12-16(18(21)22)10-9-13(19)2/h3-8,13-14,16H,1,9-12H2,2H3,(H,21,22). The van der Waals surface area contributed by atoms with Crippen molar-refractivity contribution in [2.24, 2.45) is 5.92 Å². The van der Waals surface area contributed by atoms with Crippen LogP contribution in [-0.4, -0.2) is 34.5 Å². The fraction of sp³-hybridized carbons (Fsp3) is 0.444. The smallest absolute Gasteiger partial charge is 0.308 e. The molecule has 0 aromatic heterocycles. The van der Waals surface area contributed by atoms with E-state index in [9.17, 15) is 14.7 Å². The fourth-order valence-electron chi connectivity index (χ4n) is 3.00. The molecule has 1 N–H and O–H groups in total. The first kappa shape index (κ1) is 16.3. The van der Waals surface area contributed by atoms with Crippen LogP contribution in [0.2, 0.25) is 0 Å². The molecule has 4 nitrogen and oxygen atoms in total. The summed E-state index contributed by atoms with van der Waals surface area (Å²) in [7, 11) is 0. The molecule has 1 heterocycles. The molecule has 0 bridgehead atoms. The van der Waals surface area contributed by atoms with E-state index in [1.807, 2.05) is 37.3 Å². The summed E-state index contributed by atoms with van der Waals surface area (Å²) in [6.45, 7) is 6.13. The highest BCUT2D eigenvalue weighted by Crippen LogP contribution is 2.26. The number of piperidine rings is 1. The molecule has 4 heteroatoms. The van der Waals surface area contributed by atoms with E-state index in [2.05, 4.69) is 6.58 Å². The fourth-order valence-corrected chi connectivity index (χ4v) is 3.00. The van der Waals surface area contributed by atoms with Gasteiger partial charge in [0.25, 0.3) is 0 Å². The van der Waals surface area contributed by atoms with Gasteiger partial charge in [0.1, 0.15) is 0 Å². The largest absolute Gasteiger partial charge is 0.481 e. The van der Waals surface area contributed by atoms with Gasteiger partial charge in [0.15, 0.2) is 0 Å². The lowest BCUT2D eigenvalue weighted by Crippen LogP contribution is -2.47. The zero-order valence-corrected chi connectivity index (χ0v) is 12.9. The van der Waals surface area contributed by atoms with Gasteiger partial charge in [-0.15, -0.1) is 6.58 Å². The molecule has 1 aromatic rings. The lowest BCUT2D eigenvalue weighted by atomic mass is 9.91. The van der Waals surface area contributed by atoms with Crippen LogP contribution in [0, 0.1) is 5.92 Å². The van der Waals surface area contributed by atoms with Crippen molar-refractivity contribution in [2.75, 3.05) is 6.54 Å². The number of likely N-dealkylation sites (tertiary alicyclic amines) is 1. The van der Waals surface area contributed by atoms with Crippen molar-refractivity contribution < 1.29 is 14.7 Å². The number of hydrogen-bond acceptors (Lipinski definition) is 2. The van der Waals surface area contributed by atoms with E-state index >= 15 is 0 Å². The number of carboxylic acids is 1. The van der Waals surface area contributed by atoms with Gasteiger partial charge in [-0.05, 0) is 25.3 Å². The molecule has 1 saturated heterocycles. The van der Waals surface area contributed by atoms with Gasteiger partial charge in [0.05, 0.1) is 5.92 Å². The van der Waals surface area contributed by atoms with Crippen LogP contribution in [0.15, 0.2) is 43.0 Å². The van der Waals surface area contributed by atoms with E-state index in [0.717, 1.165) is 12.0 Å². The molecule has 1 amide bonds. The monoisotopic (exact) mass is 301 g/mol. The van der Waals surface area contributed by atoms with Gasteiger partial charge in [-0.2, -0.15) is 0 Å². The number of carbonyl (C=O) groups is 2. The Morgan fingerprint density at radius 3 is 2.64 bits per heavy atom. The van der Waals surface area contributed by atoms with E-state index in [4.69, 9.17) is 0 Å². The van der Waals surface area contributed by atoms with Crippen molar-refractivity contribution >= 4 is 11.9 Å². The quantitative estimate of drug-likeness (QED) is 0.850. The second kappa shape index (κ2) is 7.25. The summed E-state index contributed by atoms with van der Waals surface area (Å²) in [5.74, 6) is -1.29. The number of rotatable bonds is 5. The van der Waals surface area contributed by atoms with Crippen LogP contribution < -0.4 is 0 Å². The molecule has 1 aliphatic rings. The Hall–Kier alpha value is -2.10. The SMILES string of the molecule is C=CC(CC(=O)N1CC(C(=O)O)CCC1C)c1ccccc1. The van der Waals surface area contributed by atoms with Crippen molar-refractivity contribution in [3.05, 3.63) is 48.6 Å². The minimum atomic E-state index is -0.812. The summed E-state index contributed by atoms with van der Waals surface area (Å²) in [5.41, 5.74) is 1.06. The second-order valence-electron chi connectivity index (χ2n) is 5.96. The van der Waals surface area contributed by atoms with Crippen molar-refractivity contribution in [1.29, 1.82) is 0 Å². The van der Waals surface area contributed by atoms with E-state index < -0.39 is 11.9 Å². The van der Waals surface area contributed by atoms with Crippen LogP contribution in [0.25, 0.3) is 0 Å². The summed E-state index contributed by atoms with van der Waals surface area (Å²) in [6, 6.07) is 9.90. The van der Waals surface area contributed by atoms with E-state index in [0.29, 0.717) is 19.4 Å². The predicted molar refractivity (Wildman–Crippen MR) is 85.5 cm³/mol. The number of benzene rings is 1. The van der Waals surface area contributed by atoms with E-state index in [1.165, 1.54) is 0 Å². The highest BCUT2D eigenvalue weighted by atomic mass is 16.4. The summed E-state index contributed by atoms with van der Waals surface area (Å²) in [6.07, 6.45) is 3.51. The number of carboxylic acid groups (broad SMARTS) is 1. The Morgan fingerprint density at radius 1 is 1.36 bits per heavy atom. The van der Waals surface area contributed by atoms with Gasteiger partial charge >= 0.3 is 5.97 Å². The first-order valence-electron chi connectivity index (χ1n) is 7.72. The van der Waals surface area contributed by atoms with E-state index in [1.54, 1.807) is 11.0 Å². The summed E-state index contributed by atoms with van der Waals surface area (Å²) in [5, 5.41) is 9.18. The minimum Gasteiger partial charge on any atom is -0.481 e. The molecule has 2 rings (SSSR count). The van der Waals surface area contributed by atoms with Crippen molar-refractivity contribution in [3.63, 3.8) is 0 Å². The van der Waals surface area contributed by atoms with Crippen molar-refractivity contribution in [1.82, 2.24) is 4.90 Å². The molecular formula is C18H23NO3. The Labute approximate surface area is 131 Å². The lowest BCUT2D eigenvalue weighted by molar-refractivity contribution is -0.147. The second-order valence-corrected chi connectivity index (χ2v) is 5.96. The highest BCUT2D eigenvalue weighted by Gasteiger charge is 2.33. The van der Waals surface area contributed by atoms with Gasteiger partial charge in [-0.1, -0.05) is 36.4 Å². The van der Waals surface area contributed by atoms with Gasteiger partial charge in [0, 0.05) is 24.9 Å². The van der Waals surface area contributed by atoms with Crippen LogP contribution in [0.3, 0.4) is 0 Å². The number of amides is 1. The van der Waals surface area contributed by atoms with Gasteiger partial charge in [0.2, 0.25) is 5.91 Å². The number of hydrogen-bond donors (Lipinski definition) is 1. The van der Waals surface area contributed by atoms with Gasteiger partial charge in [-0.3, -0.25) is 9.59 Å². The molecule has 3 unspecified atom stereocenters. The maximum atomic E-state index is 12.6. The highest BCUT2D eigenvalue weighted by molar-refractivity contribution is 5.79. The molecule has 0 spiro atoms. The Kier molecular flexibility index (Phi) is 5.36. The number of carbonyl (C=O) groups excluding carboxylic acids is 1. The Morgan fingerprint density at radius 2 is 2.05 bits per heavy atom. The third-order valence-corrected chi connectivity index (χ3v) is 4.46. The van der Waals surface area contributed by atoms with E-state index in [-0.39, 0.29) is 17.9 Å². The molecule has 1 aliphatic heterocycles. The minimum absolute atomic E-state index is 0.00667. The average molecular weight is 301 g/mol. The Balaban J connectivity index is 2.06. The lowest BCUT2D eigenvalue weighted by Gasteiger charge is -2.37. The molecule has 1 aromatic carbocycles. The van der Waals surface area contributed by atoms with Crippen LogP contribution in [-0.2, 0) is 9.59 Å². The number of nitrogens with zero attached hydrogens (tertiary/aromatic N) is 1. The molecule has 22 heavy (non-hydrogen) atoms.